The number of anilines is 1. The molecule has 1 aromatic carbocycles. The highest BCUT2D eigenvalue weighted by Crippen LogP contribution is 2.43. The van der Waals surface area contributed by atoms with E-state index < -0.39 is 6.10 Å². The third-order valence-corrected chi connectivity index (χ3v) is 8.87. The monoisotopic (exact) mass is 511 g/mol. The van der Waals surface area contributed by atoms with E-state index >= 15 is 0 Å². The fraction of sp³-hybridized carbons (Fsp3) is 0.607. The molecule has 5 rings (SSSR count). The molecule has 2 fully saturated rings. The summed E-state index contributed by atoms with van der Waals surface area (Å²) in [4.78, 5) is 29.9. The number of nitrogens with zero attached hydrogens (tertiary/aromatic N) is 5. The van der Waals surface area contributed by atoms with Crippen molar-refractivity contribution in [1.82, 2.24) is 19.8 Å². The topological polar surface area (TPSA) is 72.8 Å². The molecule has 2 saturated heterocycles. The lowest BCUT2D eigenvalue weighted by Gasteiger charge is -2.42. The SMILES string of the molecule is CCN1[C@H]([C@@H](C(=O)N2CCN(c3ncnc4c3[C@H](C)C[C@H]4O)CC2)c2ccc(Cl)cc2)CCC1(C)C. The molecule has 1 aliphatic carbocycles. The molecule has 1 aromatic heterocycles. The van der Waals surface area contributed by atoms with Gasteiger partial charge in [-0.25, -0.2) is 9.97 Å². The van der Waals surface area contributed by atoms with Crippen LogP contribution in [0.1, 0.15) is 81.7 Å². The predicted octanol–water partition coefficient (Wildman–Crippen LogP) is 4.37. The van der Waals surface area contributed by atoms with Crippen LogP contribution in [-0.2, 0) is 4.79 Å². The maximum absolute atomic E-state index is 14.2. The van der Waals surface area contributed by atoms with Gasteiger partial charge in [0.15, 0.2) is 0 Å². The van der Waals surface area contributed by atoms with Crippen molar-refractivity contribution < 1.29 is 9.90 Å². The molecule has 2 aromatic rings. The van der Waals surface area contributed by atoms with Gasteiger partial charge in [-0.15, -0.1) is 0 Å². The first-order valence-corrected chi connectivity index (χ1v) is 13.7. The van der Waals surface area contributed by atoms with E-state index in [1.165, 1.54) is 0 Å². The molecule has 0 bridgehead atoms. The zero-order valence-corrected chi connectivity index (χ0v) is 22.6. The number of rotatable bonds is 5. The molecule has 3 heterocycles. The fourth-order valence-corrected chi connectivity index (χ4v) is 6.87. The van der Waals surface area contributed by atoms with Crippen molar-refractivity contribution in [3.05, 3.63) is 52.4 Å². The minimum Gasteiger partial charge on any atom is -0.387 e. The number of carbonyl (C=O) groups excluding carboxylic acids is 1. The van der Waals surface area contributed by atoms with Gasteiger partial charge in [0.2, 0.25) is 5.91 Å². The van der Waals surface area contributed by atoms with Gasteiger partial charge < -0.3 is 14.9 Å². The maximum Gasteiger partial charge on any atom is 0.231 e. The number of fused-ring (bicyclic) bond motifs is 1. The van der Waals surface area contributed by atoms with Crippen LogP contribution in [0.3, 0.4) is 0 Å². The summed E-state index contributed by atoms with van der Waals surface area (Å²) in [5.74, 6) is 1.13. The van der Waals surface area contributed by atoms with E-state index in [0.717, 1.165) is 55.1 Å². The Labute approximate surface area is 219 Å². The first-order chi connectivity index (χ1) is 17.2. The van der Waals surface area contributed by atoms with Crippen molar-refractivity contribution in [2.45, 2.75) is 76.5 Å². The number of halogens is 1. The quantitative estimate of drug-likeness (QED) is 0.642. The van der Waals surface area contributed by atoms with Gasteiger partial charge in [0.05, 0.1) is 17.7 Å². The van der Waals surface area contributed by atoms with Crippen LogP contribution in [-0.4, -0.2) is 75.1 Å². The molecule has 194 valence electrons. The van der Waals surface area contributed by atoms with E-state index in [2.05, 4.69) is 47.5 Å². The number of hydrogen-bond donors (Lipinski definition) is 1. The second-order valence-corrected chi connectivity index (χ2v) is 11.6. The van der Waals surface area contributed by atoms with Crippen molar-refractivity contribution in [2.75, 3.05) is 37.6 Å². The van der Waals surface area contributed by atoms with E-state index in [0.29, 0.717) is 24.5 Å². The smallest absolute Gasteiger partial charge is 0.231 e. The van der Waals surface area contributed by atoms with Crippen molar-refractivity contribution in [2.24, 2.45) is 0 Å². The van der Waals surface area contributed by atoms with Gasteiger partial charge in [0.1, 0.15) is 12.1 Å². The summed E-state index contributed by atoms with van der Waals surface area (Å²) in [5, 5.41) is 11.1. The van der Waals surface area contributed by atoms with Gasteiger partial charge in [-0.1, -0.05) is 37.6 Å². The minimum absolute atomic E-state index is 0.0811. The number of aliphatic hydroxyl groups excluding tert-OH is 1. The highest BCUT2D eigenvalue weighted by atomic mass is 35.5. The molecule has 0 radical (unpaired) electrons. The summed E-state index contributed by atoms with van der Waals surface area (Å²) in [6.45, 7) is 12.6. The van der Waals surface area contributed by atoms with E-state index in [-0.39, 0.29) is 29.3 Å². The Balaban J connectivity index is 1.37. The van der Waals surface area contributed by atoms with Gasteiger partial charge in [-0.2, -0.15) is 0 Å². The Bertz CT molecular complexity index is 1100. The highest BCUT2D eigenvalue weighted by Gasteiger charge is 2.46. The first-order valence-electron chi connectivity index (χ1n) is 13.3. The van der Waals surface area contributed by atoms with Crippen LogP contribution < -0.4 is 4.90 Å². The van der Waals surface area contributed by atoms with Gasteiger partial charge in [-0.05, 0) is 63.3 Å². The number of amides is 1. The Morgan fingerprint density at radius 1 is 1.17 bits per heavy atom. The molecule has 4 atom stereocenters. The third-order valence-electron chi connectivity index (χ3n) is 8.62. The van der Waals surface area contributed by atoms with Crippen molar-refractivity contribution in [3.63, 3.8) is 0 Å². The number of hydrogen-bond acceptors (Lipinski definition) is 6. The molecule has 2 aliphatic heterocycles. The predicted molar refractivity (Wildman–Crippen MR) is 142 cm³/mol. The Morgan fingerprint density at radius 2 is 1.86 bits per heavy atom. The second-order valence-electron chi connectivity index (χ2n) is 11.2. The number of aromatic nitrogens is 2. The molecule has 0 unspecified atom stereocenters. The molecular formula is C28H38ClN5O2. The summed E-state index contributed by atoms with van der Waals surface area (Å²) >= 11 is 6.20. The zero-order valence-electron chi connectivity index (χ0n) is 21.8. The summed E-state index contributed by atoms with van der Waals surface area (Å²) in [5.41, 5.74) is 2.95. The zero-order chi connectivity index (χ0) is 25.6. The number of likely N-dealkylation sites (N-methyl/N-ethyl adjacent to an activating group) is 1. The molecule has 1 N–H and O–H groups in total. The van der Waals surface area contributed by atoms with E-state index in [1.807, 2.05) is 29.2 Å². The van der Waals surface area contributed by atoms with Crippen LogP contribution in [0.15, 0.2) is 30.6 Å². The normalized spacial score (nSPS) is 26.8. The number of aliphatic hydroxyl groups is 1. The van der Waals surface area contributed by atoms with E-state index in [1.54, 1.807) is 6.33 Å². The minimum atomic E-state index is -0.517. The first kappa shape index (κ1) is 25.4. The number of likely N-dealkylation sites (tertiary alicyclic amines) is 1. The summed E-state index contributed by atoms with van der Waals surface area (Å²) in [6.07, 6.45) is 3.82. The molecule has 3 aliphatic rings. The summed E-state index contributed by atoms with van der Waals surface area (Å²) in [6, 6.07) is 8.02. The molecule has 36 heavy (non-hydrogen) atoms. The number of benzene rings is 1. The second kappa shape index (κ2) is 9.92. The lowest BCUT2D eigenvalue weighted by molar-refractivity contribution is -0.135. The van der Waals surface area contributed by atoms with Crippen molar-refractivity contribution in [1.29, 1.82) is 0 Å². The lowest BCUT2D eigenvalue weighted by Crippen LogP contribution is -2.54. The van der Waals surface area contributed by atoms with Crippen molar-refractivity contribution in [3.8, 4) is 0 Å². The molecular weight excluding hydrogens is 474 g/mol. The number of piperazine rings is 1. The fourth-order valence-electron chi connectivity index (χ4n) is 6.75. The third kappa shape index (κ3) is 4.50. The van der Waals surface area contributed by atoms with Crippen molar-refractivity contribution >= 4 is 23.3 Å². The number of carbonyl (C=O) groups is 1. The standard InChI is InChI=1S/C28H38ClN5O2/c1-5-34-21(10-11-28(34,3)4)24(19-6-8-20(29)9-7-19)27(36)33-14-12-32(13-15-33)26-23-18(2)16-22(35)25(23)30-17-31-26/h6-9,17-18,21-22,24,35H,5,10-16H2,1-4H3/t18-,21+,22-,24+/m1/s1. The van der Waals surface area contributed by atoms with E-state index in [9.17, 15) is 9.90 Å². The van der Waals surface area contributed by atoms with Gasteiger partial charge in [-0.3, -0.25) is 9.69 Å². The Hall–Kier alpha value is -2.22. The van der Waals surface area contributed by atoms with Crippen LogP contribution in [0.5, 0.6) is 0 Å². The summed E-state index contributed by atoms with van der Waals surface area (Å²) in [7, 11) is 0. The van der Waals surface area contributed by atoms with Gasteiger partial charge in [0, 0.05) is 48.3 Å². The van der Waals surface area contributed by atoms with Crippen LogP contribution >= 0.6 is 11.6 Å². The molecule has 0 saturated carbocycles. The molecule has 8 heteroatoms. The summed E-state index contributed by atoms with van der Waals surface area (Å²) < 4.78 is 0. The highest BCUT2D eigenvalue weighted by molar-refractivity contribution is 6.30. The maximum atomic E-state index is 14.2. The molecule has 0 spiro atoms. The molecule has 7 nitrogen and oxygen atoms in total. The Morgan fingerprint density at radius 3 is 2.53 bits per heavy atom. The van der Waals surface area contributed by atoms with Crippen LogP contribution in [0, 0.1) is 0 Å². The van der Waals surface area contributed by atoms with Crippen LogP contribution in [0.2, 0.25) is 5.02 Å². The van der Waals surface area contributed by atoms with E-state index in [4.69, 9.17) is 11.6 Å². The van der Waals surface area contributed by atoms with Gasteiger partial charge in [0.25, 0.3) is 0 Å². The average Bonchev–Trinajstić information content (AvgIpc) is 3.34. The molecule has 1 amide bonds. The van der Waals surface area contributed by atoms with Gasteiger partial charge >= 0.3 is 0 Å². The van der Waals surface area contributed by atoms with Crippen LogP contribution in [0.4, 0.5) is 5.82 Å². The largest absolute Gasteiger partial charge is 0.387 e. The average molecular weight is 512 g/mol. The lowest BCUT2D eigenvalue weighted by atomic mass is 9.88. The van der Waals surface area contributed by atoms with Crippen LogP contribution in [0.25, 0.3) is 0 Å². The Kier molecular flexibility index (Phi) is 7.01.